The molecule has 0 aliphatic carbocycles. The minimum atomic E-state index is -0.902. The summed E-state index contributed by atoms with van der Waals surface area (Å²) in [4.78, 5) is 37.0. The summed E-state index contributed by atoms with van der Waals surface area (Å²) < 4.78 is 12.9. The fraction of sp³-hybridized carbons (Fsp3) is 0.125. The summed E-state index contributed by atoms with van der Waals surface area (Å²) in [6.45, 7) is 2.37. The van der Waals surface area contributed by atoms with E-state index in [1.807, 2.05) is 31.2 Å². The lowest BCUT2D eigenvalue weighted by atomic mass is 10.1. The molecule has 0 atom stereocenters. The average molecular weight is 419 g/mol. The molecule has 3 rings (SSSR count). The average Bonchev–Trinajstić information content (AvgIpc) is 2.78. The first-order valence-electron chi connectivity index (χ1n) is 9.69. The van der Waals surface area contributed by atoms with Gasteiger partial charge in [-0.3, -0.25) is 14.4 Å². The number of halogens is 1. The molecule has 3 amide bonds. The molecule has 0 spiro atoms. The molecule has 0 bridgehead atoms. The normalized spacial score (nSPS) is 10.3. The van der Waals surface area contributed by atoms with Crippen molar-refractivity contribution in [3.8, 4) is 0 Å². The van der Waals surface area contributed by atoms with E-state index in [1.165, 1.54) is 24.3 Å². The van der Waals surface area contributed by atoms with Gasteiger partial charge in [-0.1, -0.05) is 48.5 Å². The maximum Gasteiger partial charge on any atom is 0.313 e. The van der Waals surface area contributed by atoms with Crippen molar-refractivity contribution in [1.29, 1.82) is 0 Å². The van der Waals surface area contributed by atoms with E-state index >= 15 is 0 Å². The zero-order valence-corrected chi connectivity index (χ0v) is 16.9. The van der Waals surface area contributed by atoms with E-state index in [1.54, 1.807) is 24.3 Å². The third kappa shape index (κ3) is 5.99. The van der Waals surface area contributed by atoms with Gasteiger partial charge in [-0.15, -0.1) is 0 Å². The molecule has 0 saturated heterocycles. The number of hydrogen-bond acceptors (Lipinski definition) is 3. The van der Waals surface area contributed by atoms with Crippen LogP contribution in [0.2, 0.25) is 0 Å². The molecule has 3 aromatic carbocycles. The molecule has 0 heterocycles. The van der Waals surface area contributed by atoms with Crippen LogP contribution in [-0.4, -0.2) is 17.7 Å². The summed E-state index contributed by atoms with van der Waals surface area (Å²) in [7, 11) is 0. The lowest BCUT2D eigenvalue weighted by Crippen LogP contribution is -2.35. The van der Waals surface area contributed by atoms with Crippen LogP contribution in [0, 0.1) is 12.7 Å². The smallest absolute Gasteiger partial charge is 0.313 e. The van der Waals surface area contributed by atoms with E-state index in [0.29, 0.717) is 12.1 Å². The van der Waals surface area contributed by atoms with Gasteiger partial charge in [0, 0.05) is 13.1 Å². The van der Waals surface area contributed by atoms with E-state index in [0.717, 1.165) is 11.1 Å². The number of benzene rings is 3. The molecule has 0 fully saturated rings. The summed E-state index contributed by atoms with van der Waals surface area (Å²) in [5.74, 6) is -2.52. The molecule has 0 aromatic heterocycles. The number of rotatable bonds is 6. The van der Waals surface area contributed by atoms with Gasteiger partial charge in [-0.25, -0.2) is 4.39 Å². The number of carbonyl (C=O) groups is 3. The van der Waals surface area contributed by atoms with Crippen LogP contribution in [-0.2, 0) is 22.7 Å². The van der Waals surface area contributed by atoms with Crippen LogP contribution in [0.3, 0.4) is 0 Å². The summed E-state index contributed by atoms with van der Waals surface area (Å²) in [5.41, 5.74) is 3.17. The van der Waals surface area contributed by atoms with E-state index in [-0.39, 0.29) is 29.5 Å². The number of nitrogens with one attached hydrogen (secondary N) is 3. The van der Waals surface area contributed by atoms with Crippen LogP contribution in [0.5, 0.6) is 0 Å². The SMILES string of the molecule is Cc1ccccc1CNC(=O)c1ccccc1NC(=O)C(=O)NCc1ccc(F)cc1. The minimum Gasteiger partial charge on any atom is -0.348 e. The van der Waals surface area contributed by atoms with Gasteiger partial charge in [-0.2, -0.15) is 0 Å². The Kier molecular flexibility index (Phi) is 7.11. The Bertz CT molecular complexity index is 1100. The predicted octanol–water partition coefficient (Wildman–Crippen LogP) is 3.32. The first-order chi connectivity index (χ1) is 14.9. The van der Waals surface area contributed by atoms with Gasteiger partial charge in [0.1, 0.15) is 5.82 Å². The Morgan fingerprint density at radius 3 is 2.19 bits per heavy atom. The Balaban J connectivity index is 1.60. The zero-order valence-electron chi connectivity index (χ0n) is 16.9. The quantitative estimate of drug-likeness (QED) is 0.536. The van der Waals surface area contributed by atoms with Crippen LogP contribution in [0.4, 0.5) is 10.1 Å². The molecule has 31 heavy (non-hydrogen) atoms. The largest absolute Gasteiger partial charge is 0.348 e. The second-order valence-corrected chi connectivity index (χ2v) is 6.92. The van der Waals surface area contributed by atoms with E-state index in [9.17, 15) is 18.8 Å². The zero-order chi connectivity index (χ0) is 22.2. The molecule has 6 nitrogen and oxygen atoms in total. The van der Waals surface area contributed by atoms with Crippen molar-refractivity contribution in [1.82, 2.24) is 10.6 Å². The Hall–Kier alpha value is -4.00. The van der Waals surface area contributed by atoms with Crippen LogP contribution in [0.25, 0.3) is 0 Å². The monoisotopic (exact) mass is 419 g/mol. The van der Waals surface area contributed by atoms with E-state index in [2.05, 4.69) is 16.0 Å². The number of hydrogen-bond donors (Lipinski definition) is 3. The second-order valence-electron chi connectivity index (χ2n) is 6.92. The lowest BCUT2D eigenvalue weighted by Gasteiger charge is -2.12. The summed E-state index contributed by atoms with van der Waals surface area (Å²) in [5, 5.41) is 7.77. The van der Waals surface area contributed by atoms with Gasteiger partial charge < -0.3 is 16.0 Å². The number of para-hydroxylation sites is 1. The van der Waals surface area contributed by atoms with Crippen LogP contribution < -0.4 is 16.0 Å². The fourth-order valence-electron chi connectivity index (χ4n) is 2.91. The summed E-state index contributed by atoms with van der Waals surface area (Å²) >= 11 is 0. The first kappa shape index (κ1) is 21.7. The van der Waals surface area contributed by atoms with Crippen molar-refractivity contribution in [2.24, 2.45) is 0 Å². The maximum atomic E-state index is 12.9. The molecule has 0 aliphatic heterocycles. The van der Waals surface area contributed by atoms with Gasteiger partial charge >= 0.3 is 11.8 Å². The third-order valence-electron chi connectivity index (χ3n) is 4.69. The van der Waals surface area contributed by atoms with Crippen molar-refractivity contribution in [2.75, 3.05) is 5.32 Å². The molecule has 7 heteroatoms. The number of amides is 3. The van der Waals surface area contributed by atoms with Crippen molar-refractivity contribution >= 4 is 23.4 Å². The van der Waals surface area contributed by atoms with E-state index in [4.69, 9.17) is 0 Å². The number of aryl methyl sites for hydroxylation is 1. The molecule has 0 radical (unpaired) electrons. The van der Waals surface area contributed by atoms with Gasteiger partial charge in [0.15, 0.2) is 0 Å². The Morgan fingerprint density at radius 2 is 1.45 bits per heavy atom. The highest BCUT2D eigenvalue weighted by atomic mass is 19.1. The first-order valence-corrected chi connectivity index (χ1v) is 9.69. The van der Waals surface area contributed by atoms with Crippen LogP contribution in [0.1, 0.15) is 27.0 Å². The van der Waals surface area contributed by atoms with E-state index < -0.39 is 11.8 Å². The number of anilines is 1. The minimum absolute atomic E-state index is 0.0745. The fourth-order valence-corrected chi connectivity index (χ4v) is 2.91. The summed E-state index contributed by atoms with van der Waals surface area (Å²) in [6, 6.07) is 19.7. The van der Waals surface area contributed by atoms with Gasteiger partial charge in [0.25, 0.3) is 5.91 Å². The molecule has 3 aromatic rings. The molecule has 3 N–H and O–H groups in total. The predicted molar refractivity (Wildman–Crippen MR) is 116 cm³/mol. The van der Waals surface area contributed by atoms with Gasteiger partial charge in [0.2, 0.25) is 0 Å². The highest BCUT2D eigenvalue weighted by Gasteiger charge is 2.17. The molecular formula is C24H22FN3O3. The standard InChI is InChI=1S/C24H22FN3O3/c1-16-6-2-3-7-18(16)15-27-22(29)20-8-4-5-9-21(20)28-24(31)23(30)26-14-17-10-12-19(25)13-11-17/h2-13H,14-15H2,1H3,(H,26,30)(H,27,29)(H,28,31). The maximum absolute atomic E-state index is 12.9. The lowest BCUT2D eigenvalue weighted by molar-refractivity contribution is -0.136. The van der Waals surface area contributed by atoms with Crippen LogP contribution >= 0.6 is 0 Å². The second kappa shape index (κ2) is 10.2. The highest BCUT2D eigenvalue weighted by Crippen LogP contribution is 2.15. The van der Waals surface area contributed by atoms with Crippen LogP contribution in [0.15, 0.2) is 72.8 Å². The molecule has 0 saturated carbocycles. The highest BCUT2D eigenvalue weighted by molar-refractivity contribution is 6.40. The molecule has 158 valence electrons. The topological polar surface area (TPSA) is 87.3 Å². The van der Waals surface area contributed by atoms with Gasteiger partial charge in [0.05, 0.1) is 11.3 Å². The molecule has 0 unspecified atom stereocenters. The Labute approximate surface area is 179 Å². The molecule has 0 aliphatic rings. The van der Waals surface area contributed by atoms with Crippen molar-refractivity contribution in [3.05, 3.63) is 101 Å². The molecular weight excluding hydrogens is 397 g/mol. The third-order valence-corrected chi connectivity index (χ3v) is 4.69. The summed E-state index contributed by atoms with van der Waals surface area (Å²) in [6.07, 6.45) is 0. The Morgan fingerprint density at radius 1 is 0.774 bits per heavy atom. The number of carbonyl (C=O) groups excluding carboxylic acids is 3. The van der Waals surface area contributed by atoms with Gasteiger partial charge in [-0.05, 0) is 47.9 Å². The van der Waals surface area contributed by atoms with Crippen molar-refractivity contribution in [2.45, 2.75) is 20.0 Å². The van der Waals surface area contributed by atoms with Crippen molar-refractivity contribution in [3.63, 3.8) is 0 Å². The van der Waals surface area contributed by atoms with Crippen molar-refractivity contribution < 1.29 is 18.8 Å².